The molecule has 0 heterocycles. The maximum Gasteiger partial charge on any atom is 0.324 e. The van der Waals surface area contributed by atoms with Crippen LogP contribution < -0.4 is 14.2 Å². The van der Waals surface area contributed by atoms with E-state index in [0.29, 0.717) is 11.3 Å². The molecular formula is C13H19NO7S. The average molecular weight is 333 g/mol. The molecule has 0 amide bonds. The van der Waals surface area contributed by atoms with Gasteiger partial charge in [0.25, 0.3) is 0 Å². The summed E-state index contributed by atoms with van der Waals surface area (Å²) >= 11 is 0. The molecule has 22 heavy (non-hydrogen) atoms. The Bertz CT molecular complexity index is 655. The lowest BCUT2D eigenvalue weighted by atomic mass is 10.2. The lowest BCUT2D eigenvalue weighted by molar-refractivity contribution is -0.141. The van der Waals surface area contributed by atoms with Crippen LogP contribution in [-0.2, 0) is 14.8 Å². The number of carboxylic acid groups (broad SMARTS) is 1. The average Bonchev–Trinajstić information content (AvgIpc) is 2.43. The van der Waals surface area contributed by atoms with Crippen LogP contribution in [-0.4, -0.2) is 51.0 Å². The minimum atomic E-state index is -4.16. The number of hydrogen-bond donors (Lipinski definition) is 3. The Hall–Kier alpha value is -1.84. The van der Waals surface area contributed by atoms with Crippen molar-refractivity contribution in [1.29, 1.82) is 0 Å². The monoisotopic (exact) mass is 333 g/mol. The van der Waals surface area contributed by atoms with E-state index in [1.165, 1.54) is 40.2 Å². The highest BCUT2D eigenvalue weighted by Gasteiger charge is 2.30. The first-order chi connectivity index (χ1) is 10.1. The van der Waals surface area contributed by atoms with E-state index in [9.17, 15) is 18.3 Å². The van der Waals surface area contributed by atoms with E-state index in [2.05, 4.69) is 0 Å². The van der Waals surface area contributed by atoms with Gasteiger partial charge < -0.3 is 19.7 Å². The van der Waals surface area contributed by atoms with Crippen molar-refractivity contribution in [2.75, 3.05) is 14.2 Å². The van der Waals surface area contributed by atoms with Crippen molar-refractivity contribution >= 4 is 16.0 Å². The molecule has 0 radical (unpaired) electrons. The van der Waals surface area contributed by atoms with E-state index >= 15 is 0 Å². The van der Waals surface area contributed by atoms with Crippen LogP contribution in [0.15, 0.2) is 17.0 Å². The smallest absolute Gasteiger partial charge is 0.324 e. The number of aryl methyl sites for hydroxylation is 1. The molecule has 0 bridgehead atoms. The van der Waals surface area contributed by atoms with Gasteiger partial charge in [-0.15, -0.1) is 0 Å². The number of benzene rings is 1. The lowest BCUT2D eigenvalue weighted by Gasteiger charge is -2.19. The van der Waals surface area contributed by atoms with E-state index in [0.717, 1.165) is 0 Å². The Balaban J connectivity index is 3.31. The van der Waals surface area contributed by atoms with Crippen LogP contribution in [0.2, 0.25) is 0 Å². The zero-order chi connectivity index (χ0) is 17.1. The Kier molecular flexibility index (Phi) is 5.75. The van der Waals surface area contributed by atoms with Gasteiger partial charge in [-0.3, -0.25) is 4.79 Å². The molecule has 0 saturated heterocycles. The normalized spacial score (nSPS) is 14.2. The number of aliphatic carboxylic acids is 1. The zero-order valence-electron chi connectivity index (χ0n) is 12.7. The summed E-state index contributed by atoms with van der Waals surface area (Å²) in [6.45, 7) is 2.72. The molecule has 1 aromatic carbocycles. The van der Waals surface area contributed by atoms with Gasteiger partial charge in [0.15, 0.2) is 11.5 Å². The molecular weight excluding hydrogens is 314 g/mol. The first kappa shape index (κ1) is 18.2. The highest BCUT2D eigenvalue weighted by Crippen LogP contribution is 2.32. The predicted molar refractivity (Wildman–Crippen MR) is 77.7 cm³/mol. The molecule has 0 fully saturated rings. The van der Waals surface area contributed by atoms with Crippen molar-refractivity contribution in [3.8, 4) is 11.5 Å². The molecule has 2 atom stereocenters. The third-order valence-electron chi connectivity index (χ3n) is 3.00. The lowest BCUT2D eigenvalue weighted by Crippen LogP contribution is -2.47. The van der Waals surface area contributed by atoms with Gasteiger partial charge in [0.2, 0.25) is 10.0 Å². The number of nitrogens with one attached hydrogen (secondary N) is 1. The van der Waals surface area contributed by atoms with Crippen LogP contribution >= 0.6 is 0 Å². The highest BCUT2D eigenvalue weighted by atomic mass is 32.2. The number of ether oxygens (including phenoxy) is 2. The van der Waals surface area contributed by atoms with Gasteiger partial charge in [-0.2, -0.15) is 4.72 Å². The van der Waals surface area contributed by atoms with Crippen LogP contribution in [0.4, 0.5) is 0 Å². The van der Waals surface area contributed by atoms with E-state index < -0.39 is 28.1 Å². The second-order valence-electron chi connectivity index (χ2n) is 4.65. The Morgan fingerprint density at radius 1 is 1.23 bits per heavy atom. The predicted octanol–water partition coefficient (Wildman–Crippen LogP) is 0.125. The molecule has 0 saturated carbocycles. The standard InChI is InChI=1S/C13H19NO7S/c1-7-5-9(20-3)10(21-4)6-11(7)22(18,19)14-12(8(2)15)13(16)17/h5-6,8,12,14-15H,1-4H3,(H,16,17)/t8-,12-/m0/s1. The zero-order valence-corrected chi connectivity index (χ0v) is 13.5. The molecule has 0 aromatic heterocycles. The fourth-order valence-corrected chi connectivity index (χ4v) is 3.34. The van der Waals surface area contributed by atoms with Crippen molar-refractivity contribution in [3.05, 3.63) is 17.7 Å². The summed E-state index contributed by atoms with van der Waals surface area (Å²) in [5.41, 5.74) is 0.347. The number of methoxy groups -OCH3 is 2. The Morgan fingerprint density at radius 2 is 1.73 bits per heavy atom. The van der Waals surface area contributed by atoms with Crippen LogP contribution in [0.5, 0.6) is 11.5 Å². The fourth-order valence-electron chi connectivity index (χ4n) is 1.84. The molecule has 0 spiro atoms. The molecule has 0 aliphatic heterocycles. The topological polar surface area (TPSA) is 122 Å². The second-order valence-corrected chi connectivity index (χ2v) is 6.33. The molecule has 1 aromatic rings. The highest BCUT2D eigenvalue weighted by molar-refractivity contribution is 7.89. The Labute approximate surface area is 128 Å². The number of carbonyl (C=O) groups is 1. The van der Waals surface area contributed by atoms with Crippen molar-refractivity contribution in [3.63, 3.8) is 0 Å². The number of hydrogen-bond acceptors (Lipinski definition) is 6. The molecule has 1 rings (SSSR count). The van der Waals surface area contributed by atoms with Gasteiger partial charge in [0, 0.05) is 6.07 Å². The van der Waals surface area contributed by atoms with Crippen molar-refractivity contribution in [2.24, 2.45) is 0 Å². The summed E-state index contributed by atoms with van der Waals surface area (Å²) in [5.74, 6) is -0.932. The van der Waals surface area contributed by atoms with Crippen LogP contribution in [0, 0.1) is 6.92 Å². The third kappa shape index (κ3) is 3.87. The molecule has 124 valence electrons. The molecule has 8 nitrogen and oxygen atoms in total. The van der Waals surface area contributed by atoms with Gasteiger partial charge in [0.05, 0.1) is 25.2 Å². The summed E-state index contributed by atoms with van der Waals surface area (Å²) in [5, 5.41) is 18.4. The number of sulfonamides is 1. The number of carboxylic acids is 1. The molecule has 0 aliphatic carbocycles. The van der Waals surface area contributed by atoms with Gasteiger partial charge in [-0.25, -0.2) is 8.42 Å². The maximum absolute atomic E-state index is 12.4. The van der Waals surface area contributed by atoms with Gasteiger partial charge in [-0.05, 0) is 25.5 Å². The van der Waals surface area contributed by atoms with E-state index in [4.69, 9.17) is 14.6 Å². The first-order valence-electron chi connectivity index (χ1n) is 6.29. The number of rotatable bonds is 7. The molecule has 9 heteroatoms. The van der Waals surface area contributed by atoms with Crippen LogP contribution in [0.1, 0.15) is 12.5 Å². The second kappa shape index (κ2) is 6.95. The van der Waals surface area contributed by atoms with Gasteiger partial charge in [-0.1, -0.05) is 0 Å². The van der Waals surface area contributed by atoms with Crippen LogP contribution in [0.3, 0.4) is 0 Å². The Morgan fingerprint density at radius 3 is 2.14 bits per heavy atom. The summed E-state index contributed by atoms with van der Waals surface area (Å²) in [7, 11) is -1.40. The third-order valence-corrected chi connectivity index (χ3v) is 4.58. The summed E-state index contributed by atoms with van der Waals surface area (Å²) in [6.07, 6.45) is -1.40. The van der Waals surface area contributed by atoms with E-state index in [1.807, 2.05) is 4.72 Å². The van der Waals surface area contributed by atoms with E-state index in [1.54, 1.807) is 0 Å². The summed E-state index contributed by atoms with van der Waals surface area (Å²) in [4.78, 5) is 10.9. The van der Waals surface area contributed by atoms with Crippen molar-refractivity contribution in [1.82, 2.24) is 4.72 Å². The SMILES string of the molecule is COc1cc(C)c(S(=O)(=O)N[C@H](C(=O)O)[C@H](C)O)cc1OC. The summed E-state index contributed by atoms with van der Waals surface area (Å²) < 4.78 is 36.8. The molecule has 0 unspecified atom stereocenters. The van der Waals surface area contributed by atoms with Crippen molar-refractivity contribution in [2.45, 2.75) is 30.9 Å². The van der Waals surface area contributed by atoms with Crippen molar-refractivity contribution < 1.29 is 32.9 Å². The van der Waals surface area contributed by atoms with Gasteiger partial charge >= 0.3 is 5.97 Å². The minimum Gasteiger partial charge on any atom is -0.493 e. The fraction of sp³-hybridized carbons (Fsp3) is 0.462. The summed E-state index contributed by atoms with van der Waals surface area (Å²) in [6, 6.07) is 1.04. The molecule has 0 aliphatic rings. The number of aliphatic hydroxyl groups is 1. The maximum atomic E-state index is 12.4. The molecule has 3 N–H and O–H groups in total. The van der Waals surface area contributed by atoms with Gasteiger partial charge in [0.1, 0.15) is 6.04 Å². The quantitative estimate of drug-likeness (QED) is 0.648. The number of aliphatic hydroxyl groups excluding tert-OH is 1. The first-order valence-corrected chi connectivity index (χ1v) is 7.78. The van der Waals surface area contributed by atoms with E-state index in [-0.39, 0.29) is 10.6 Å². The minimum absolute atomic E-state index is 0.156. The largest absolute Gasteiger partial charge is 0.493 e. The van der Waals surface area contributed by atoms with Crippen LogP contribution in [0.25, 0.3) is 0 Å².